The van der Waals surface area contributed by atoms with E-state index in [0.717, 1.165) is 31.6 Å². The summed E-state index contributed by atoms with van der Waals surface area (Å²) in [6.07, 6.45) is 7.59. The van der Waals surface area contributed by atoms with E-state index < -0.39 is 11.4 Å². The molecule has 0 aliphatic heterocycles. The van der Waals surface area contributed by atoms with Crippen LogP contribution in [-0.4, -0.2) is 24.0 Å². The molecule has 1 rings (SSSR count). The molecule has 1 unspecified atom stereocenters. The van der Waals surface area contributed by atoms with E-state index in [4.69, 9.17) is 4.74 Å². The number of carbonyl (C=O) groups is 2. The molecule has 1 aliphatic carbocycles. The molecule has 0 aromatic rings. The molecule has 1 aliphatic rings. The van der Waals surface area contributed by atoms with Crippen LogP contribution in [0, 0.1) is 29.1 Å². The van der Waals surface area contributed by atoms with Crippen LogP contribution in [0.2, 0.25) is 0 Å². The van der Waals surface area contributed by atoms with Crippen LogP contribution >= 0.6 is 0 Å². The van der Waals surface area contributed by atoms with Crippen molar-refractivity contribution in [2.24, 2.45) is 17.8 Å². The smallest absolute Gasteiger partial charge is 0.309 e. The second kappa shape index (κ2) is 9.66. The van der Waals surface area contributed by atoms with Gasteiger partial charge in [0.2, 0.25) is 0 Å². The third-order valence-electron chi connectivity index (χ3n) is 5.28. The molecule has 1 N–H and O–H groups in total. The molecule has 1 fully saturated rings. The molecule has 24 heavy (non-hydrogen) atoms. The first-order chi connectivity index (χ1) is 11.3. The van der Waals surface area contributed by atoms with E-state index in [9.17, 15) is 14.9 Å². The fourth-order valence-electron chi connectivity index (χ4n) is 3.06. The number of esters is 1. The minimum absolute atomic E-state index is 0.0273. The van der Waals surface area contributed by atoms with E-state index in [1.165, 1.54) is 19.3 Å². The van der Waals surface area contributed by atoms with Crippen molar-refractivity contribution in [1.29, 1.82) is 5.26 Å². The fourth-order valence-corrected chi connectivity index (χ4v) is 3.06. The van der Waals surface area contributed by atoms with Crippen LogP contribution in [0.3, 0.4) is 0 Å². The zero-order valence-corrected chi connectivity index (χ0v) is 15.6. The van der Waals surface area contributed by atoms with Crippen molar-refractivity contribution in [3.8, 4) is 6.07 Å². The van der Waals surface area contributed by atoms with E-state index in [0.29, 0.717) is 0 Å². The van der Waals surface area contributed by atoms with Crippen molar-refractivity contribution >= 4 is 11.9 Å². The largest absolute Gasteiger partial charge is 0.455 e. The topological polar surface area (TPSA) is 79.2 Å². The highest BCUT2D eigenvalue weighted by Gasteiger charge is 2.31. The Labute approximate surface area is 146 Å². The Morgan fingerprint density at radius 3 is 2.42 bits per heavy atom. The molecule has 0 aromatic carbocycles. The average Bonchev–Trinajstić information content (AvgIpc) is 2.58. The summed E-state index contributed by atoms with van der Waals surface area (Å²) in [7, 11) is 0. The number of hydrogen-bond donors (Lipinski definition) is 1. The molecular weight excluding hydrogens is 304 g/mol. The number of hydrogen-bond acceptors (Lipinski definition) is 4. The maximum atomic E-state index is 12.1. The van der Waals surface area contributed by atoms with E-state index in [-0.39, 0.29) is 24.4 Å². The average molecular weight is 336 g/mol. The van der Waals surface area contributed by atoms with Gasteiger partial charge in [-0.05, 0) is 44.4 Å². The zero-order chi connectivity index (χ0) is 18.2. The van der Waals surface area contributed by atoms with Crippen LogP contribution in [0.15, 0.2) is 0 Å². The Hall–Kier alpha value is -1.57. The van der Waals surface area contributed by atoms with Gasteiger partial charge in [-0.25, -0.2) is 0 Å². The second-order valence-electron chi connectivity index (χ2n) is 7.48. The van der Waals surface area contributed by atoms with Gasteiger partial charge in [-0.3, -0.25) is 9.59 Å². The Kier molecular flexibility index (Phi) is 8.24. The standard InChI is InChI=1S/C19H32N2O3/c1-5-6-7-15-8-10-16(11-9-15)18(23)24-12-17(22)21-19(4,13-20)14(2)3/h14-16H,5-12H2,1-4H3,(H,21,22). The summed E-state index contributed by atoms with van der Waals surface area (Å²) >= 11 is 0. The maximum Gasteiger partial charge on any atom is 0.309 e. The summed E-state index contributed by atoms with van der Waals surface area (Å²) in [5, 5.41) is 11.9. The van der Waals surface area contributed by atoms with Gasteiger partial charge in [-0.2, -0.15) is 5.26 Å². The first-order valence-corrected chi connectivity index (χ1v) is 9.21. The number of carbonyl (C=O) groups excluding carboxylic acids is 2. The van der Waals surface area contributed by atoms with Crippen molar-refractivity contribution in [3.63, 3.8) is 0 Å². The first kappa shape index (κ1) is 20.5. The Bertz CT molecular complexity index is 462. The van der Waals surface area contributed by atoms with Crippen LogP contribution in [0.5, 0.6) is 0 Å². The number of nitriles is 1. The summed E-state index contributed by atoms with van der Waals surface area (Å²) in [5.74, 6) is -0.0663. The molecule has 5 nitrogen and oxygen atoms in total. The number of amides is 1. The van der Waals surface area contributed by atoms with Gasteiger partial charge >= 0.3 is 5.97 Å². The van der Waals surface area contributed by atoms with Gasteiger partial charge in [0.15, 0.2) is 6.61 Å². The molecular formula is C19H32N2O3. The Morgan fingerprint density at radius 1 is 1.29 bits per heavy atom. The van der Waals surface area contributed by atoms with Crippen molar-refractivity contribution in [3.05, 3.63) is 0 Å². The first-order valence-electron chi connectivity index (χ1n) is 9.21. The highest BCUT2D eigenvalue weighted by atomic mass is 16.5. The van der Waals surface area contributed by atoms with Gasteiger partial charge in [-0.15, -0.1) is 0 Å². The highest BCUT2D eigenvalue weighted by molar-refractivity contribution is 5.82. The van der Waals surface area contributed by atoms with Crippen LogP contribution in [0.4, 0.5) is 0 Å². The van der Waals surface area contributed by atoms with E-state index >= 15 is 0 Å². The quantitative estimate of drug-likeness (QED) is 0.687. The van der Waals surface area contributed by atoms with Crippen LogP contribution in [0.25, 0.3) is 0 Å². The van der Waals surface area contributed by atoms with Crippen molar-refractivity contribution in [2.75, 3.05) is 6.61 Å². The third kappa shape index (κ3) is 6.14. The lowest BCUT2D eigenvalue weighted by atomic mass is 9.80. The predicted octanol–water partition coefficient (Wildman–Crippen LogP) is 3.58. The van der Waals surface area contributed by atoms with Crippen molar-refractivity contribution in [2.45, 2.75) is 78.2 Å². The maximum absolute atomic E-state index is 12.1. The van der Waals surface area contributed by atoms with Crippen LogP contribution < -0.4 is 5.32 Å². The molecule has 1 amide bonds. The second-order valence-corrected chi connectivity index (χ2v) is 7.48. The third-order valence-corrected chi connectivity index (χ3v) is 5.28. The summed E-state index contributed by atoms with van der Waals surface area (Å²) in [6, 6.07) is 2.11. The number of ether oxygens (including phenoxy) is 1. The molecule has 0 radical (unpaired) electrons. The number of unbranched alkanes of at least 4 members (excludes halogenated alkanes) is 1. The van der Waals surface area contributed by atoms with E-state index in [2.05, 4.69) is 18.3 Å². The molecule has 0 bridgehead atoms. The summed E-state index contributed by atoms with van der Waals surface area (Å²) in [5.41, 5.74) is -0.944. The predicted molar refractivity (Wildman–Crippen MR) is 92.9 cm³/mol. The van der Waals surface area contributed by atoms with Gasteiger partial charge in [0, 0.05) is 0 Å². The molecule has 1 atom stereocenters. The number of nitrogens with zero attached hydrogens (tertiary/aromatic N) is 1. The molecule has 0 spiro atoms. The zero-order valence-electron chi connectivity index (χ0n) is 15.6. The van der Waals surface area contributed by atoms with Gasteiger partial charge < -0.3 is 10.1 Å². The van der Waals surface area contributed by atoms with Crippen molar-refractivity contribution < 1.29 is 14.3 Å². The molecule has 136 valence electrons. The SMILES string of the molecule is CCCCC1CCC(C(=O)OCC(=O)NC(C)(C#N)C(C)C)CC1. The van der Waals surface area contributed by atoms with Gasteiger partial charge in [0.1, 0.15) is 5.54 Å². The summed E-state index contributed by atoms with van der Waals surface area (Å²) in [4.78, 5) is 24.1. The minimum atomic E-state index is -0.944. The lowest BCUT2D eigenvalue weighted by Crippen LogP contribution is -2.50. The summed E-state index contributed by atoms with van der Waals surface area (Å²) < 4.78 is 5.17. The molecule has 0 aromatic heterocycles. The van der Waals surface area contributed by atoms with Crippen molar-refractivity contribution in [1.82, 2.24) is 5.32 Å². The molecule has 5 heteroatoms. The van der Waals surface area contributed by atoms with Crippen LogP contribution in [0.1, 0.15) is 72.6 Å². The summed E-state index contributed by atoms with van der Waals surface area (Å²) in [6.45, 7) is 7.30. The lowest BCUT2D eigenvalue weighted by Gasteiger charge is -2.28. The molecule has 0 heterocycles. The fraction of sp³-hybridized carbons (Fsp3) is 0.842. The monoisotopic (exact) mass is 336 g/mol. The van der Waals surface area contributed by atoms with Gasteiger partial charge in [-0.1, -0.05) is 40.0 Å². The number of nitrogens with one attached hydrogen (secondary N) is 1. The normalized spacial score (nSPS) is 23.2. The Morgan fingerprint density at radius 2 is 1.92 bits per heavy atom. The minimum Gasteiger partial charge on any atom is -0.455 e. The van der Waals surface area contributed by atoms with E-state index in [1.807, 2.05) is 13.8 Å². The Balaban J connectivity index is 2.34. The molecule has 1 saturated carbocycles. The lowest BCUT2D eigenvalue weighted by molar-refractivity contribution is -0.154. The number of rotatable bonds is 8. The van der Waals surface area contributed by atoms with Gasteiger partial charge in [0.25, 0.3) is 5.91 Å². The highest BCUT2D eigenvalue weighted by Crippen LogP contribution is 2.32. The van der Waals surface area contributed by atoms with Gasteiger partial charge in [0.05, 0.1) is 12.0 Å². The molecule has 0 saturated heterocycles. The van der Waals surface area contributed by atoms with E-state index in [1.54, 1.807) is 6.92 Å². The van der Waals surface area contributed by atoms with Crippen LogP contribution in [-0.2, 0) is 14.3 Å².